The number of ether oxygens (including phenoxy) is 1. The van der Waals surface area contributed by atoms with Crippen LogP contribution in [0.25, 0.3) is 0 Å². The van der Waals surface area contributed by atoms with Gasteiger partial charge in [0.2, 0.25) is 0 Å². The molecule has 0 aromatic carbocycles. The summed E-state index contributed by atoms with van der Waals surface area (Å²) in [6.45, 7) is 15.4. The summed E-state index contributed by atoms with van der Waals surface area (Å²) in [6.07, 6.45) is 3.73. The zero-order valence-corrected chi connectivity index (χ0v) is 15.6. The molecule has 2 aliphatic rings. The fourth-order valence-corrected chi connectivity index (χ4v) is 3.47. The van der Waals surface area contributed by atoms with Crippen molar-refractivity contribution in [2.45, 2.75) is 40.0 Å². The highest BCUT2D eigenvalue weighted by molar-refractivity contribution is 5.80. The van der Waals surface area contributed by atoms with Crippen molar-refractivity contribution in [1.82, 2.24) is 15.1 Å². The first kappa shape index (κ1) is 18.5. The van der Waals surface area contributed by atoms with Crippen molar-refractivity contribution < 1.29 is 4.74 Å². The third kappa shape index (κ3) is 6.68. The van der Waals surface area contributed by atoms with E-state index in [4.69, 9.17) is 4.74 Å². The van der Waals surface area contributed by atoms with Crippen LogP contribution < -0.4 is 5.32 Å². The maximum Gasteiger partial charge on any atom is 0.193 e. The molecule has 2 fully saturated rings. The van der Waals surface area contributed by atoms with Crippen molar-refractivity contribution in [1.29, 1.82) is 0 Å². The minimum atomic E-state index is 0.419. The number of guanidine groups is 1. The molecular weight excluding hydrogens is 288 g/mol. The first-order valence-electron chi connectivity index (χ1n) is 9.23. The van der Waals surface area contributed by atoms with Gasteiger partial charge in [0.25, 0.3) is 0 Å². The number of aliphatic imine (C=N–C) groups is 1. The number of morpholine rings is 1. The lowest BCUT2D eigenvalue weighted by atomic mass is 9.91. The zero-order valence-electron chi connectivity index (χ0n) is 15.6. The summed E-state index contributed by atoms with van der Waals surface area (Å²) in [5.74, 6) is 1.85. The van der Waals surface area contributed by atoms with Crippen LogP contribution in [-0.4, -0.2) is 75.3 Å². The molecule has 1 N–H and O–H groups in total. The van der Waals surface area contributed by atoms with Crippen LogP contribution in [0, 0.1) is 11.3 Å². The molecule has 0 spiro atoms. The number of nitrogens with zero attached hydrogens (tertiary/aromatic N) is 3. The van der Waals surface area contributed by atoms with Gasteiger partial charge in [0.15, 0.2) is 5.96 Å². The topological polar surface area (TPSA) is 40.1 Å². The second-order valence-electron chi connectivity index (χ2n) is 8.15. The van der Waals surface area contributed by atoms with Gasteiger partial charge in [-0.25, -0.2) is 0 Å². The van der Waals surface area contributed by atoms with Gasteiger partial charge in [0.1, 0.15) is 0 Å². The number of rotatable bonds is 5. The van der Waals surface area contributed by atoms with E-state index >= 15 is 0 Å². The van der Waals surface area contributed by atoms with Crippen molar-refractivity contribution >= 4 is 5.96 Å². The average molecular weight is 325 g/mol. The van der Waals surface area contributed by atoms with E-state index in [1.807, 2.05) is 7.05 Å². The van der Waals surface area contributed by atoms with Crippen LogP contribution in [0.3, 0.4) is 0 Å². The normalized spacial score (nSPS) is 24.3. The van der Waals surface area contributed by atoms with Crippen LogP contribution >= 0.6 is 0 Å². The fraction of sp³-hybridized carbons (Fsp3) is 0.944. The number of hydrogen-bond acceptors (Lipinski definition) is 3. The molecule has 2 heterocycles. The maximum absolute atomic E-state index is 5.44. The van der Waals surface area contributed by atoms with Crippen molar-refractivity contribution in [3.63, 3.8) is 0 Å². The fourth-order valence-electron chi connectivity index (χ4n) is 3.47. The van der Waals surface area contributed by atoms with E-state index in [1.54, 1.807) is 0 Å². The molecule has 0 radical (unpaired) electrons. The molecule has 0 bridgehead atoms. The van der Waals surface area contributed by atoms with Gasteiger partial charge in [-0.2, -0.15) is 0 Å². The van der Waals surface area contributed by atoms with E-state index in [0.29, 0.717) is 5.41 Å². The predicted molar refractivity (Wildman–Crippen MR) is 97.0 cm³/mol. The Morgan fingerprint density at radius 2 is 1.96 bits per heavy atom. The van der Waals surface area contributed by atoms with E-state index in [1.165, 1.54) is 25.8 Å². The van der Waals surface area contributed by atoms with E-state index in [9.17, 15) is 0 Å². The van der Waals surface area contributed by atoms with Gasteiger partial charge >= 0.3 is 0 Å². The summed E-state index contributed by atoms with van der Waals surface area (Å²) < 4.78 is 5.44. The molecule has 0 aromatic heterocycles. The highest BCUT2D eigenvalue weighted by Crippen LogP contribution is 2.20. The van der Waals surface area contributed by atoms with Gasteiger partial charge in [-0.3, -0.25) is 9.89 Å². The quantitative estimate of drug-likeness (QED) is 0.477. The van der Waals surface area contributed by atoms with Crippen molar-refractivity contribution in [2.75, 3.05) is 59.5 Å². The SMILES string of the molecule is CN=C(NCCCC(C)(C)C)N1CCC(CN2CCOCC2)C1. The molecule has 0 saturated carbocycles. The third-order valence-corrected chi connectivity index (χ3v) is 4.80. The minimum Gasteiger partial charge on any atom is -0.379 e. The standard InChI is InChI=1S/C18H36N4O/c1-18(2,3)7-5-8-20-17(19-4)22-9-6-16(15-22)14-21-10-12-23-13-11-21/h16H,5-15H2,1-4H3,(H,19,20). The van der Waals surface area contributed by atoms with Crippen LogP contribution in [0.1, 0.15) is 40.0 Å². The van der Waals surface area contributed by atoms with Crippen molar-refractivity contribution in [2.24, 2.45) is 16.3 Å². The Kier molecular flexibility index (Phi) is 7.15. The maximum atomic E-state index is 5.44. The molecular formula is C18H36N4O. The van der Waals surface area contributed by atoms with Crippen molar-refractivity contribution in [3.8, 4) is 0 Å². The zero-order chi connectivity index (χ0) is 16.7. The molecule has 5 nitrogen and oxygen atoms in total. The predicted octanol–water partition coefficient (Wildman–Crippen LogP) is 2.04. The van der Waals surface area contributed by atoms with Gasteiger partial charge in [0, 0.05) is 46.3 Å². The number of likely N-dealkylation sites (tertiary alicyclic amines) is 1. The molecule has 1 unspecified atom stereocenters. The van der Waals surface area contributed by atoms with Crippen LogP contribution in [0.15, 0.2) is 4.99 Å². The molecule has 0 aliphatic carbocycles. The van der Waals surface area contributed by atoms with Crippen LogP contribution in [-0.2, 0) is 4.74 Å². The molecule has 0 aromatic rings. The first-order valence-corrected chi connectivity index (χ1v) is 9.23. The summed E-state index contributed by atoms with van der Waals surface area (Å²) in [7, 11) is 1.90. The van der Waals surface area contributed by atoms with E-state index in [-0.39, 0.29) is 0 Å². The van der Waals surface area contributed by atoms with E-state index in [2.05, 4.69) is 40.9 Å². The molecule has 5 heteroatoms. The Hall–Kier alpha value is -0.810. The second kappa shape index (κ2) is 8.88. The third-order valence-electron chi connectivity index (χ3n) is 4.80. The van der Waals surface area contributed by atoms with Gasteiger partial charge in [-0.1, -0.05) is 20.8 Å². The van der Waals surface area contributed by atoms with E-state index < -0.39 is 0 Å². The Morgan fingerprint density at radius 1 is 1.22 bits per heavy atom. The lowest BCUT2D eigenvalue weighted by Crippen LogP contribution is -2.42. The first-order chi connectivity index (χ1) is 11.0. The summed E-state index contributed by atoms with van der Waals surface area (Å²) in [6, 6.07) is 0. The van der Waals surface area contributed by atoms with Gasteiger partial charge < -0.3 is 15.0 Å². The smallest absolute Gasteiger partial charge is 0.193 e. The van der Waals surface area contributed by atoms with Gasteiger partial charge in [-0.05, 0) is 30.6 Å². The minimum absolute atomic E-state index is 0.419. The van der Waals surface area contributed by atoms with Gasteiger partial charge in [0.05, 0.1) is 13.2 Å². The summed E-state index contributed by atoms with van der Waals surface area (Å²) >= 11 is 0. The second-order valence-corrected chi connectivity index (χ2v) is 8.15. The highest BCUT2D eigenvalue weighted by Gasteiger charge is 2.27. The Bertz CT molecular complexity index is 372. The monoisotopic (exact) mass is 324 g/mol. The van der Waals surface area contributed by atoms with Crippen molar-refractivity contribution in [3.05, 3.63) is 0 Å². The largest absolute Gasteiger partial charge is 0.379 e. The molecule has 1 atom stereocenters. The molecule has 2 aliphatic heterocycles. The average Bonchev–Trinajstić information content (AvgIpc) is 2.95. The number of hydrogen-bond donors (Lipinski definition) is 1. The Morgan fingerprint density at radius 3 is 2.61 bits per heavy atom. The Labute approximate surface area is 142 Å². The summed E-state index contributed by atoms with van der Waals surface area (Å²) in [4.78, 5) is 9.47. The molecule has 0 amide bonds. The molecule has 2 saturated heterocycles. The Balaban J connectivity index is 1.68. The lowest BCUT2D eigenvalue weighted by molar-refractivity contribution is 0.0315. The summed E-state index contributed by atoms with van der Waals surface area (Å²) in [5.41, 5.74) is 0.419. The van der Waals surface area contributed by atoms with Crippen LogP contribution in [0.5, 0.6) is 0 Å². The molecule has 23 heavy (non-hydrogen) atoms. The van der Waals surface area contributed by atoms with E-state index in [0.717, 1.165) is 57.8 Å². The van der Waals surface area contributed by atoms with Crippen LogP contribution in [0.4, 0.5) is 0 Å². The van der Waals surface area contributed by atoms with Crippen LogP contribution in [0.2, 0.25) is 0 Å². The summed E-state index contributed by atoms with van der Waals surface area (Å²) in [5, 5.41) is 3.55. The lowest BCUT2D eigenvalue weighted by Gasteiger charge is -2.29. The molecule has 134 valence electrons. The van der Waals surface area contributed by atoms with Gasteiger partial charge in [-0.15, -0.1) is 0 Å². The molecule has 2 rings (SSSR count). The highest BCUT2D eigenvalue weighted by atomic mass is 16.5. The number of nitrogens with one attached hydrogen (secondary N) is 1.